The lowest BCUT2D eigenvalue weighted by molar-refractivity contribution is -0.140. The molecule has 110 valence electrons. The Morgan fingerprint density at radius 3 is 2.20 bits per heavy atom. The van der Waals surface area contributed by atoms with Crippen molar-refractivity contribution >= 4 is 23.2 Å². The predicted molar refractivity (Wildman–Crippen MR) is 84.3 cm³/mol. The summed E-state index contributed by atoms with van der Waals surface area (Å²) in [5.41, 5.74) is 0.930. The van der Waals surface area contributed by atoms with E-state index in [4.69, 9.17) is 11.6 Å². The Bertz CT molecular complexity index is 462. The van der Waals surface area contributed by atoms with Crippen molar-refractivity contribution in [1.82, 2.24) is 4.90 Å². The van der Waals surface area contributed by atoms with Crippen molar-refractivity contribution in [1.29, 1.82) is 0 Å². The molecule has 1 aliphatic rings. The summed E-state index contributed by atoms with van der Waals surface area (Å²) in [5, 5.41) is 0.757. The van der Waals surface area contributed by atoms with E-state index < -0.39 is 0 Å². The first-order chi connectivity index (χ1) is 9.44. The van der Waals surface area contributed by atoms with Crippen molar-refractivity contribution < 1.29 is 4.79 Å². The Morgan fingerprint density at radius 2 is 1.70 bits per heavy atom. The van der Waals surface area contributed by atoms with Gasteiger partial charge in [0.1, 0.15) is 0 Å². The molecule has 0 aliphatic carbocycles. The Hall–Kier alpha value is -1.22. The van der Waals surface area contributed by atoms with E-state index in [9.17, 15) is 4.79 Å². The lowest BCUT2D eigenvalue weighted by Gasteiger charge is -2.39. The van der Waals surface area contributed by atoms with E-state index in [1.54, 1.807) is 0 Å². The van der Waals surface area contributed by atoms with Crippen LogP contribution in [-0.4, -0.2) is 37.0 Å². The molecule has 0 radical (unpaired) electrons. The van der Waals surface area contributed by atoms with Crippen LogP contribution in [0.5, 0.6) is 0 Å². The number of carbonyl (C=O) groups excluding carboxylic acids is 1. The molecule has 1 aromatic rings. The van der Waals surface area contributed by atoms with Crippen LogP contribution >= 0.6 is 11.6 Å². The SMILES string of the molecule is CCC(C)(C)C(=O)N1CCN(c2ccc(Cl)cc2)CC1. The molecule has 1 aromatic carbocycles. The molecular formula is C16H23ClN2O. The van der Waals surface area contributed by atoms with E-state index in [1.807, 2.05) is 43.0 Å². The van der Waals surface area contributed by atoms with Gasteiger partial charge >= 0.3 is 0 Å². The molecule has 0 saturated carbocycles. The van der Waals surface area contributed by atoms with Gasteiger partial charge in [-0.2, -0.15) is 0 Å². The zero-order chi connectivity index (χ0) is 14.8. The van der Waals surface area contributed by atoms with E-state index in [2.05, 4.69) is 11.8 Å². The van der Waals surface area contributed by atoms with E-state index in [1.165, 1.54) is 5.69 Å². The molecule has 1 aliphatic heterocycles. The first kappa shape index (κ1) is 15.2. The van der Waals surface area contributed by atoms with Gasteiger partial charge in [0.05, 0.1) is 0 Å². The molecule has 0 bridgehead atoms. The van der Waals surface area contributed by atoms with Gasteiger partial charge < -0.3 is 9.80 Å². The van der Waals surface area contributed by atoms with Crippen molar-refractivity contribution in [3.8, 4) is 0 Å². The van der Waals surface area contributed by atoms with Gasteiger partial charge in [-0.3, -0.25) is 4.79 Å². The summed E-state index contributed by atoms with van der Waals surface area (Å²) in [5.74, 6) is 0.274. The smallest absolute Gasteiger partial charge is 0.228 e. The molecule has 2 rings (SSSR count). The molecule has 20 heavy (non-hydrogen) atoms. The molecule has 0 spiro atoms. The number of anilines is 1. The van der Waals surface area contributed by atoms with Crippen LogP contribution in [0, 0.1) is 5.41 Å². The van der Waals surface area contributed by atoms with Crippen LogP contribution < -0.4 is 4.90 Å². The lowest BCUT2D eigenvalue weighted by Crippen LogP contribution is -2.52. The topological polar surface area (TPSA) is 23.6 Å². The molecule has 0 unspecified atom stereocenters. The quantitative estimate of drug-likeness (QED) is 0.853. The number of benzene rings is 1. The summed E-state index contributed by atoms with van der Waals surface area (Å²) in [7, 11) is 0. The van der Waals surface area contributed by atoms with Gasteiger partial charge in [0, 0.05) is 42.3 Å². The molecule has 1 saturated heterocycles. The molecule has 0 N–H and O–H groups in total. The van der Waals surface area contributed by atoms with E-state index in [0.717, 1.165) is 37.6 Å². The number of carbonyl (C=O) groups is 1. The monoisotopic (exact) mass is 294 g/mol. The molecule has 4 heteroatoms. The summed E-state index contributed by atoms with van der Waals surface area (Å²) in [6.45, 7) is 9.49. The van der Waals surface area contributed by atoms with Gasteiger partial charge in [-0.15, -0.1) is 0 Å². The lowest BCUT2D eigenvalue weighted by atomic mass is 9.88. The predicted octanol–water partition coefficient (Wildman–Crippen LogP) is 3.42. The summed E-state index contributed by atoms with van der Waals surface area (Å²) in [4.78, 5) is 16.7. The highest BCUT2D eigenvalue weighted by atomic mass is 35.5. The van der Waals surface area contributed by atoms with E-state index in [-0.39, 0.29) is 11.3 Å². The highest BCUT2D eigenvalue weighted by Gasteiger charge is 2.32. The molecule has 1 amide bonds. The largest absolute Gasteiger partial charge is 0.368 e. The summed E-state index contributed by atoms with van der Waals surface area (Å²) in [6.07, 6.45) is 0.878. The van der Waals surface area contributed by atoms with Crippen LogP contribution in [0.1, 0.15) is 27.2 Å². The standard InChI is InChI=1S/C16H23ClN2O/c1-4-16(2,3)15(20)19-11-9-18(10-12-19)14-7-5-13(17)6-8-14/h5-8H,4,9-12H2,1-3H3. The summed E-state index contributed by atoms with van der Waals surface area (Å²) in [6, 6.07) is 7.90. The molecular weight excluding hydrogens is 272 g/mol. The maximum absolute atomic E-state index is 12.4. The average Bonchev–Trinajstić information content (AvgIpc) is 2.47. The molecule has 3 nitrogen and oxygen atoms in total. The average molecular weight is 295 g/mol. The fraction of sp³-hybridized carbons (Fsp3) is 0.562. The van der Waals surface area contributed by atoms with Crippen molar-refractivity contribution in [2.45, 2.75) is 27.2 Å². The Labute approximate surface area is 126 Å². The number of amides is 1. The third-order valence-electron chi connectivity index (χ3n) is 4.22. The number of rotatable bonds is 3. The van der Waals surface area contributed by atoms with E-state index >= 15 is 0 Å². The normalized spacial score (nSPS) is 16.4. The molecule has 1 fully saturated rings. The number of hydrogen-bond acceptors (Lipinski definition) is 2. The Balaban J connectivity index is 1.96. The number of nitrogens with zero attached hydrogens (tertiary/aromatic N) is 2. The van der Waals surface area contributed by atoms with Gasteiger partial charge in [0.15, 0.2) is 0 Å². The highest BCUT2D eigenvalue weighted by Crippen LogP contribution is 2.25. The second kappa shape index (κ2) is 6.04. The summed E-state index contributed by atoms with van der Waals surface area (Å²) >= 11 is 5.91. The van der Waals surface area contributed by atoms with Crippen LogP contribution in [0.4, 0.5) is 5.69 Å². The summed E-state index contributed by atoms with van der Waals surface area (Å²) < 4.78 is 0. The van der Waals surface area contributed by atoms with Crippen molar-refractivity contribution in [3.63, 3.8) is 0 Å². The molecule has 0 aromatic heterocycles. The fourth-order valence-electron chi connectivity index (χ4n) is 2.40. The van der Waals surface area contributed by atoms with Gasteiger partial charge in [-0.05, 0) is 30.7 Å². The minimum absolute atomic E-state index is 0.248. The Kier molecular flexibility index (Phi) is 4.59. The third-order valence-corrected chi connectivity index (χ3v) is 4.47. The van der Waals surface area contributed by atoms with Crippen LogP contribution in [0.15, 0.2) is 24.3 Å². The van der Waals surface area contributed by atoms with Crippen molar-refractivity contribution in [2.24, 2.45) is 5.41 Å². The van der Waals surface area contributed by atoms with Crippen LogP contribution in [0.2, 0.25) is 5.02 Å². The molecule has 1 heterocycles. The second-order valence-corrected chi connectivity index (χ2v) is 6.43. The van der Waals surface area contributed by atoms with E-state index in [0.29, 0.717) is 0 Å². The second-order valence-electron chi connectivity index (χ2n) is 5.99. The van der Waals surface area contributed by atoms with Crippen LogP contribution in [-0.2, 0) is 4.79 Å². The number of halogens is 1. The zero-order valence-corrected chi connectivity index (χ0v) is 13.3. The molecule has 0 atom stereocenters. The highest BCUT2D eigenvalue weighted by molar-refractivity contribution is 6.30. The van der Waals surface area contributed by atoms with Crippen LogP contribution in [0.25, 0.3) is 0 Å². The van der Waals surface area contributed by atoms with Gasteiger partial charge in [-0.1, -0.05) is 32.4 Å². The number of hydrogen-bond donors (Lipinski definition) is 0. The van der Waals surface area contributed by atoms with Crippen LogP contribution in [0.3, 0.4) is 0 Å². The number of piperazine rings is 1. The van der Waals surface area contributed by atoms with Crippen molar-refractivity contribution in [2.75, 3.05) is 31.1 Å². The minimum Gasteiger partial charge on any atom is -0.368 e. The third kappa shape index (κ3) is 3.26. The zero-order valence-electron chi connectivity index (χ0n) is 12.5. The van der Waals surface area contributed by atoms with Gasteiger partial charge in [0.25, 0.3) is 0 Å². The van der Waals surface area contributed by atoms with Gasteiger partial charge in [-0.25, -0.2) is 0 Å². The van der Waals surface area contributed by atoms with Gasteiger partial charge in [0.2, 0.25) is 5.91 Å². The maximum Gasteiger partial charge on any atom is 0.228 e. The maximum atomic E-state index is 12.4. The fourth-order valence-corrected chi connectivity index (χ4v) is 2.52. The Morgan fingerprint density at radius 1 is 1.15 bits per heavy atom. The minimum atomic E-state index is -0.248. The first-order valence-electron chi connectivity index (χ1n) is 7.24. The first-order valence-corrected chi connectivity index (χ1v) is 7.62. The van der Waals surface area contributed by atoms with Crippen molar-refractivity contribution in [3.05, 3.63) is 29.3 Å².